The van der Waals surface area contributed by atoms with Gasteiger partial charge in [0, 0.05) is 37.8 Å². The standard InChI is InChI=1S/C18H22ClN3OS/c1-12(2)21-8-10-22(11-9-21)18(23)16-13(3)20-17(24-16)14-6-4-5-7-15(14)19/h4-7,12H,8-11H2,1-3H3. The molecular formula is C18H22ClN3OS. The Balaban J connectivity index is 1.78. The Morgan fingerprint density at radius 2 is 1.88 bits per heavy atom. The number of hydrogen-bond donors (Lipinski definition) is 0. The van der Waals surface area contributed by atoms with Gasteiger partial charge in [0.15, 0.2) is 0 Å². The number of carbonyl (C=O) groups excluding carboxylic acids is 1. The zero-order chi connectivity index (χ0) is 17.3. The molecule has 1 fully saturated rings. The minimum Gasteiger partial charge on any atom is -0.335 e. The maximum atomic E-state index is 12.9. The molecule has 1 aliphatic heterocycles. The summed E-state index contributed by atoms with van der Waals surface area (Å²) >= 11 is 7.70. The van der Waals surface area contributed by atoms with Crippen molar-refractivity contribution in [1.82, 2.24) is 14.8 Å². The van der Waals surface area contributed by atoms with Gasteiger partial charge in [-0.2, -0.15) is 0 Å². The van der Waals surface area contributed by atoms with E-state index in [0.29, 0.717) is 11.1 Å². The van der Waals surface area contributed by atoms with Gasteiger partial charge >= 0.3 is 0 Å². The molecule has 1 amide bonds. The van der Waals surface area contributed by atoms with Crippen molar-refractivity contribution < 1.29 is 4.79 Å². The fraction of sp³-hybridized carbons (Fsp3) is 0.444. The molecule has 1 aromatic heterocycles. The number of thiazole rings is 1. The maximum Gasteiger partial charge on any atom is 0.265 e. The molecule has 0 unspecified atom stereocenters. The Bertz CT molecular complexity index is 736. The molecule has 0 N–H and O–H groups in total. The van der Waals surface area contributed by atoms with Gasteiger partial charge in [-0.05, 0) is 26.8 Å². The fourth-order valence-corrected chi connectivity index (χ4v) is 4.28. The number of piperazine rings is 1. The first-order chi connectivity index (χ1) is 11.5. The smallest absolute Gasteiger partial charge is 0.265 e. The van der Waals surface area contributed by atoms with E-state index in [-0.39, 0.29) is 5.91 Å². The number of benzene rings is 1. The van der Waals surface area contributed by atoms with Crippen LogP contribution in [0.4, 0.5) is 0 Å². The van der Waals surface area contributed by atoms with Crippen LogP contribution in [0.3, 0.4) is 0 Å². The van der Waals surface area contributed by atoms with Gasteiger partial charge in [-0.1, -0.05) is 29.8 Å². The highest BCUT2D eigenvalue weighted by atomic mass is 35.5. The largest absolute Gasteiger partial charge is 0.335 e. The first-order valence-corrected chi connectivity index (χ1v) is 9.42. The summed E-state index contributed by atoms with van der Waals surface area (Å²) in [4.78, 5) is 22.5. The summed E-state index contributed by atoms with van der Waals surface area (Å²) in [5.74, 6) is 0.0895. The molecule has 0 bridgehead atoms. The predicted molar refractivity (Wildman–Crippen MR) is 99.9 cm³/mol. The second-order valence-corrected chi connectivity index (χ2v) is 7.74. The Labute approximate surface area is 152 Å². The molecular weight excluding hydrogens is 342 g/mol. The van der Waals surface area contributed by atoms with E-state index in [1.54, 1.807) is 0 Å². The number of carbonyl (C=O) groups is 1. The summed E-state index contributed by atoms with van der Waals surface area (Å²) in [5, 5.41) is 1.47. The lowest BCUT2D eigenvalue weighted by Crippen LogP contribution is -2.50. The first kappa shape index (κ1) is 17.4. The van der Waals surface area contributed by atoms with Crippen LogP contribution < -0.4 is 0 Å². The summed E-state index contributed by atoms with van der Waals surface area (Å²) in [5.41, 5.74) is 1.67. The van der Waals surface area contributed by atoms with Crippen LogP contribution in [0.1, 0.15) is 29.2 Å². The van der Waals surface area contributed by atoms with Crippen LogP contribution in [-0.2, 0) is 0 Å². The molecule has 0 spiro atoms. The zero-order valence-electron chi connectivity index (χ0n) is 14.3. The van der Waals surface area contributed by atoms with Gasteiger partial charge in [-0.3, -0.25) is 9.69 Å². The lowest BCUT2D eigenvalue weighted by atomic mass is 10.2. The van der Waals surface area contributed by atoms with E-state index in [4.69, 9.17) is 11.6 Å². The lowest BCUT2D eigenvalue weighted by molar-refractivity contribution is 0.0599. The highest BCUT2D eigenvalue weighted by molar-refractivity contribution is 7.17. The third kappa shape index (κ3) is 3.48. The molecule has 128 valence electrons. The van der Waals surface area contributed by atoms with Gasteiger partial charge in [0.05, 0.1) is 10.7 Å². The van der Waals surface area contributed by atoms with Crippen LogP contribution >= 0.6 is 22.9 Å². The second-order valence-electron chi connectivity index (χ2n) is 6.34. The van der Waals surface area contributed by atoms with Crippen molar-refractivity contribution in [3.05, 3.63) is 39.9 Å². The monoisotopic (exact) mass is 363 g/mol. The molecule has 0 aliphatic carbocycles. The SMILES string of the molecule is Cc1nc(-c2ccccc2Cl)sc1C(=O)N1CCN(C(C)C)CC1. The number of halogens is 1. The van der Waals surface area contributed by atoms with Crippen molar-refractivity contribution >= 4 is 28.8 Å². The molecule has 0 atom stereocenters. The summed E-state index contributed by atoms with van der Waals surface area (Å²) in [7, 11) is 0. The van der Waals surface area contributed by atoms with E-state index in [1.807, 2.05) is 36.1 Å². The van der Waals surface area contributed by atoms with Crippen LogP contribution in [-0.4, -0.2) is 52.9 Å². The lowest BCUT2D eigenvalue weighted by Gasteiger charge is -2.36. The van der Waals surface area contributed by atoms with Gasteiger partial charge in [0.25, 0.3) is 5.91 Å². The molecule has 1 aromatic carbocycles. The van der Waals surface area contributed by atoms with Gasteiger partial charge in [-0.15, -0.1) is 11.3 Å². The molecule has 0 saturated carbocycles. The first-order valence-electron chi connectivity index (χ1n) is 8.23. The number of nitrogens with zero attached hydrogens (tertiary/aromatic N) is 3. The minimum absolute atomic E-state index is 0.0895. The van der Waals surface area contributed by atoms with Gasteiger partial charge in [-0.25, -0.2) is 4.98 Å². The normalized spacial score (nSPS) is 16.0. The van der Waals surface area contributed by atoms with Crippen LogP contribution in [0.15, 0.2) is 24.3 Å². The summed E-state index contributed by atoms with van der Waals surface area (Å²) in [6.45, 7) is 9.69. The molecule has 0 radical (unpaired) electrons. The molecule has 3 rings (SSSR count). The maximum absolute atomic E-state index is 12.9. The van der Waals surface area contributed by atoms with E-state index in [2.05, 4.69) is 23.7 Å². The van der Waals surface area contributed by atoms with E-state index < -0.39 is 0 Å². The number of hydrogen-bond acceptors (Lipinski definition) is 4. The second kappa shape index (κ2) is 7.21. The number of rotatable bonds is 3. The van der Waals surface area contributed by atoms with Crippen molar-refractivity contribution in [2.45, 2.75) is 26.8 Å². The van der Waals surface area contributed by atoms with Crippen molar-refractivity contribution in [3.8, 4) is 10.6 Å². The summed E-state index contributed by atoms with van der Waals surface area (Å²) < 4.78 is 0. The fourth-order valence-electron chi connectivity index (χ4n) is 2.93. The van der Waals surface area contributed by atoms with Crippen LogP contribution in [0.2, 0.25) is 5.02 Å². The van der Waals surface area contributed by atoms with Crippen molar-refractivity contribution in [2.24, 2.45) is 0 Å². The molecule has 1 saturated heterocycles. The zero-order valence-corrected chi connectivity index (χ0v) is 15.8. The van der Waals surface area contributed by atoms with Crippen molar-refractivity contribution in [2.75, 3.05) is 26.2 Å². The van der Waals surface area contributed by atoms with Gasteiger partial charge < -0.3 is 4.90 Å². The van der Waals surface area contributed by atoms with E-state index in [1.165, 1.54) is 11.3 Å². The third-order valence-corrected chi connectivity index (χ3v) is 5.94. The van der Waals surface area contributed by atoms with Crippen LogP contribution in [0.5, 0.6) is 0 Å². The van der Waals surface area contributed by atoms with Gasteiger partial charge in [0.1, 0.15) is 9.88 Å². The Morgan fingerprint density at radius 3 is 2.50 bits per heavy atom. The molecule has 4 nitrogen and oxygen atoms in total. The molecule has 24 heavy (non-hydrogen) atoms. The molecule has 1 aliphatic rings. The Morgan fingerprint density at radius 1 is 1.21 bits per heavy atom. The minimum atomic E-state index is 0.0895. The number of aryl methyl sites for hydroxylation is 1. The molecule has 2 heterocycles. The number of amides is 1. The molecule has 2 aromatic rings. The quantitative estimate of drug-likeness (QED) is 0.828. The third-order valence-electron chi connectivity index (χ3n) is 4.43. The predicted octanol–water partition coefficient (Wildman–Crippen LogP) is 3.94. The Hall–Kier alpha value is -1.43. The Kier molecular flexibility index (Phi) is 5.23. The topological polar surface area (TPSA) is 36.4 Å². The average Bonchev–Trinajstić information content (AvgIpc) is 2.96. The highest BCUT2D eigenvalue weighted by Crippen LogP contribution is 2.33. The number of aromatic nitrogens is 1. The van der Waals surface area contributed by atoms with Crippen molar-refractivity contribution in [1.29, 1.82) is 0 Å². The van der Waals surface area contributed by atoms with Crippen LogP contribution in [0.25, 0.3) is 10.6 Å². The van der Waals surface area contributed by atoms with E-state index in [9.17, 15) is 4.79 Å². The highest BCUT2D eigenvalue weighted by Gasteiger charge is 2.26. The van der Waals surface area contributed by atoms with Crippen molar-refractivity contribution in [3.63, 3.8) is 0 Å². The summed E-state index contributed by atoms with van der Waals surface area (Å²) in [6, 6.07) is 8.15. The van der Waals surface area contributed by atoms with Gasteiger partial charge in [0.2, 0.25) is 0 Å². The van der Waals surface area contributed by atoms with E-state index in [0.717, 1.165) is 47.3 Å². The van der Waals surface area contributed by atoms with E-state index >= 15 is 0 Å². The van der Waals surface area contributed by atoms with Crippen LogP contribution in [0, 0.1) is 6.92 Å². The average molecular weight is 364 g/mol. The summed E-state index contributed by atoms with van der Waals surface area (Å²) in [6.07, 6.45) is 0. The molecule has 6 heteroatoms.